The Morgan fingerprint density at radius 1 is 0.828 bits per heavy atom. The van der Waals surface area contributed by atoms with Gasteiger partial charge in [-0.1, -0.05) is 92.7 Å². The van der Waals surface area contributed by atoms with Crippen molar-refractivity contribution in [3.8, 4) is 11.1 Å². The summed E-state index contributed by atoms with van der Waals surface area (Å²) >= 11 is 0. The van der Waals surface area contributed by atoms with Gasteiger partial charge in [0.05, 0.1) is 5.52 Å². The van der Waals surface area contributed by atoms with Crippen LogP contribution in [0.1, 0.15) is 36.2 Å². The van der Waals surface area contributed by atoms with Gasteiger partial charge in [-0.15, -0.1) is 0 Å². The Morgan fingerprint density at radius 2 is 1.52 bits per heavy atom. The molecule has 0 bridgehead atoms. The van der Waals surface area contributed by atoms with Crippen molar-refractivity contribution in [3.05, 3.63) is 107 Å². The van der Waals surface area contributed by atoms with Crippen molar-refractivity contribution in [2.75, 3.05) is 0 Å². The van der Waals surface area contributed by atoms with Crippen LogP contribution >= 0.6 is 0 Å². The monoisotopic (exact) mass is 375 g/mol. The summed E-state index contributed by atoms with van der Waals surface area (Å²) in [5, 5.41) is 1.26. The molecule has 1 heteroatoms. The molecule has 1 aliphatic rings. The number of aromatic nitrogens is 1. The molecule has 142 valence electrons. The van der Waals surface area contributed by atoms with E-state index in [0.29, 0.717) is 5.92 Å². The Hall–Kier alpha value is -3.19. The third-order valence-corrected chi connectivity index (χ3v) is 5.94. The molecule has 0 fully saturated rings. The maximum atomic E-state index is 5.13. The predicted octanol–water partition coefficient (Wildman–Crippen LogP) is 7.09. The molecule has 0 spiro atoms. The summed E-state index contributed by atoms with van der Waals surface area (Å²) in [6, 6.07) is 28.3. The molecule has 1 unspecified atom stereocenters. The van der Waals surface area contributed by atoms with Gasteiger partial charge in [-0.05, 0) is 58.2 Å². The molecule has 1 nitrogen and oxygen atoms in total. The maximum absolute atomic E-state index is 5.13. The second-order valence-electron chi connectivity index (χ2n) is 8.00. The fourth-order valence-electron chi connectivity index (χ4n) is 4.52. The van der Waals surface area contributed by atoms with E-state index < -0.39 is 0 Å². The normalized spacial score (nSPS) is 15.8. The van der Waals surface area contributed by atoms with Crippen molar-refractivity contribution in [1.82, 2.24) is 4.98 Å². The van der Waals surface area contributed by atoms with Gasteiger partial charge >= 0.3 is 0 Å². The van der Waals surface area contributed by atoms with Crippen LogP contribution in [0, 0.1) is 5.92 Å². The minimum absolute atomic E-state index is 0.496. The molecule has 4 aromatic rings. The highest BCUT2D eigenvalue weighted by Crippen LogP contribution is 2.39. The van der Waals surface area contributed by atoms with Crippen molar-refractivity contribution in [2.24, 2.45) is 5.92 Å². The highest BCUT2D eigenvalue weighted by molar-refractivity contribution is 6.00. The van der Waals surface area contributed by atoms with Crippen LogP contribution < -0.4 is 0 Å². The van der Waals surface area contributed by atoms with Crippen molar-refractivity contribution in [3.63, 3.8) is 0 Å². The van der Waals surface area contributed by atoms with Crippen LogP contribution in [0.15, 0.2) is 84.9 Å². The van der Waals surface area contributed by atoms with Gasteiger partial charge < -0.3 is 0 Å². The van der Waals surface area contributed by atoms with Crippen molar-refractivity contribution in [2.45, 2.75) is 26.7 Å². The molecule has 1 atom stereocenters. The van der Waals surface area contributed by atoms with Crippen LogP contribution in [0.4, 0.5) is 0 Å². The van der Waals surface area contributed by atoms with Gasteiger partial charge in [0.2, 0.25) is 0 Å². The first-order chi connectivity index (χ1) is 14.2. The van der Waals surface area contributed by atoms with E-state index in [1.807, 2.05) is 0 Å². The van der Waals surface area contributed by atoms with E-state index in [1.54, 1.807) is 0 Å². The molecule has 1 aromatic heterocycles. The summed E-state index contributed by atoms with van der Waals surface area (Å²) in [7, 11) is 0. The number of fused-ring (bicyclic) bond motifs is 3. The predicted molar refractivity (Wildman–Crippen MR) is 123 cm³/mol. The highest BCUT2D eigenvalue weighted by Gasteiger charge is 2.22. The van der Waals surface area contributed by atoms with Crippen LogP contribution in [0.5, 0.6) is 0 Å². The summed E-state index contributed by atoms with van der Waals surface area (Å²) in [6.07, 6.45) is 4.40. The topological polar surface area (TPSA) is 12.9 Å². The molecule has 1 heterocycles. The summed E-state index contributed by atoms with van der Waals surface area (Å²) < 4.78 is 0. The van der Waals surface area contributed by atoms with E-state index >= 15 is 0 Å². The van der Waals surface area contributed by atoms with E-state index in [4.69, 9.17) is 4.98 Å². The first-order valence-corrected chi connectivity index (χ1v) is 10.5. The summed E-state index contributed by atoms with van der Waals surface area (Å²) in [6.45, 7) is 4.50. The zero-order valence-electron chi connectivity index (χ0n) is 17.0. The van der Waals surface area contributed by atoms with Gasteiger partial charge in [-0.25, -0.2) is 0 Å². The number of benzene rings is 3. The van der Waals surface area contributed by atoms with E-state index in [9.17, 15) is 0 Å². The fraction of sp³-hybridized carbons (Fsp3) is 0.179. The maximum Gasteiger partial charge on any atom is 0.0749 e. The smallest absolute Gasteiger partial charge is 0.0749 e. The molecule has 0 N–H and O–H groups in total. The number of hydrogen-bond acceptors (Lipinski definition) is 1. The quantitative estimate of drug-likeness (QED) is 0.372. The Kier molecular flexibility index (Phi) is 4.52. The molecule has 0 saturated heterocycles. The van der Waals surface area contributed by atoms with Gasteiger partial charge in [0.25, 0.3) is 0 Å². The van der Waals surface area contributed by atoms with Gasteiger partial charge in [0.15, 0.2) is 0 Å². The Labute approximate surface area is 172 Å². The van der Waals surface area contributed by atoms with Crippen LogP contribution in [-0.2, 0) is 12.8 Å². The number of hydrogen-bond donors (Lipinski definition) is 0. The van der Waals surface area contributed by atoms with Crippen molar-refractivity contribution >= 4 is 16.5 Å². The second-order valence-corrected chi connectivity index (χ2v) is 8.00. The zero-order valence-corrected chi connectivity index (χ0v) is 17.0. The molecule has 5 rings (SSSR count). The van der Waals surface area contributed by atoms with Crippen LogP contribution in [-0.4, -0.2) is 4.98 Å². The number of nitrogens with zero attached hydrogens (tertiary/aromatic N) is 1. The lowest BCUT2D eigenvalue weighted by molar-refractivity contribution is 0.716. The summed E-state index contributed by atoms with van der Waals surface area (Å²) in [5.41, 5.74) is 10.2. The Bertz CT molecular complexity index is 1200. The molecule has 0 aliphatic heterocycles. The lowest BCUT2D eigenvalue weighted by Crippen LogP contribution is -2.10. The van der Waals surface area contributed by atoms with Crippen LogP contribution in [0.2, 0.25) is 0 Å². The second kappa shape index (κ2) is 7.33. The molecule has 0 saturated carbocycles. The van der Waals surface area contributed by atoms with Gasteiger partial charge in [0.1, 0.15) is 0 Å². The van der Waals surface area contributed by atoms with Gasteiger partial charge in [0, 0.05) is 11.1 Å². The molecular weight excluding hydrogens is 350 g/mol. The van der Waals surface area contributed by atoms with Crippen LogP contribution in [0.25, 0.3) is 27.6 Å². The lowest BCUT2D eigenvalue weighted by Gasteiger charge is -2.24. The minimum Gasteiger partial charge on any atom is -0.252 e. The third-order valence-electron chi connectivity index (χ3n) is 5.94. The minimum atomic E-state index is 0.496. The number of aryl methyl sites for hydroxylation is 1. The number of allylic oxidation sites excluding steroid dienone is 1. The van der Waals surface area contributed by atoms with E-state index in [2.05, 4.69) is 98.8 Å². The largest absolute Gasteiger partial charge is 0.252 e. The molecular formula is C28H25N. The average molecular weight is 376 g/mol. The first kappa shape index (κ1) is 17.9. The first-order valence-electron chi connectivity index (χ1n) is 10.5. The number of pyridine rings is 1. The van der Waals surface area contributed by atoms with Gasteiger partial charge in [-0.3, -0.25) is 4.98 Å². The molecule has 0 radical (unpaired) electrons. The highest BCUT2D eigenvalue weighted by atomic mass is 14.7. The zero-order chi connectivity index (χ0) is 19.8. The summed E-state index contributed by atoms with van der Waals surface area (Å²) in [5.74, 6) is 0.496. The van der Waals surface area contributed by atoms with Crippen molar-refractivity contribution in [1.29, 1.82) is 0 Å². The van der Waals surface area contributed by atoms with E-state index in [0.717, 1.165) is 18.5 Å². The van der Waals surface area contributed by atoms with Crippen LogP contribution in [0.3, 0.4) is 0 Å². The third kappa shape index (κ3) is 3.17. The van der Waals surface area contributed by atoms with Crippen molar-refractivity contribution < 1.29 is 0 Å². The fourth-order valence-corrected chi connectivity index (χ4v) is 4.52. The van der Waals surface area contributed by atoms with E-state index in [-0.39, 0.29) is 0 Å². The molecule has 29 heavy (non-hydrogen) atoms. The van der Waals surface area contributed by atoms with E-state index in [1.165, 1.54) is 44.3 Å². The Morgan fingerprint density at radius 3 is 2.21 bits per heavy atom. The Balaban J connectivity index is 1.79. The molecule has 3 aromatic carbocycles. The lowest BCUT2D eigenvalue weighted by atomic mass is 9.81. The standard InChI is InChI=1S/C28H25N/c1-3-22-18-26(21-12-8-5-9-13-21)24-15-14-23-25(20-10-6-4-7-11-20)16-19(2)17-27(23)28(24)29-22/h4-16,18-19H,3,17H2,1-2H3. The summed E-state index contributed by atoms with van der Waals surface area (Å²) in [4.78, 5) is 5.13. The molecule has 0 amide bonds. The average Bonchev–Trinajstić information content (AvgIpc) is 2.78. The molecule has 1 aliphatic carbocycles. The van der Waals surface area contributed by atoms with Gasteiger partial charge in [-0.2, -0.15) is 0 Å². The number of rotatable bonds is 3. The SMILES string of the molecule is CCc1cc(-c2ccccc2)c2ccc3c(c2n1)CC(C)C=C3c1ccccc1.